The van der Waals surface area contributed by atoms with E-state index in [1.807, 2.05) is 20.8 Å². The van der Waals surface area contributed by atoms with E-state index in [-0.39, 0.29) is 64.5 Å². The average Bonchev–Trinajstić information content (AvgIpc) is 3.45. The Kier molecular flexibility index (Phi) is 6.42. The maximum absolute atomic E-state index is 14.2. The van der Waals surface area contributed by atoms with E-state index in [1.54, 1.807) is 9.80 Å². The lowest BCUT2D eigenvalue weighted by Gasteiger charge is -2.39. The number of amides is 5. The van der Waals surface area contributed by atoms with Gasteiger partial charge in [-0.15, -0.1) is 0 Å². The number of ether oxygens (including phenoxy) is 1. The summed E-state index contributed by atoms with van der Waals surface area (Å²) < 4.78 is 5.75. The summed E-state index contributed by atoms with van der Waals surface area (Å²) in [4.78, 5) is 57.1. The third-order valence-corrected chi connectivity index (χ3v) is 11.0. The van der Waals surface area contributed by atoms with Crippen molar-refractivity contribution in [2.45, 2.75) is 102 Å². The van der Waals surface area contributed by atoms with Crippen molar-refractivity contribution >= 4 is 23.8 Å². The summed E-state index contributed by atoms with van der Waals surface area (Å²) in [6.45, 7) is 12.2. The van der Waals surface area contributed by atoms with Crippen LogP contribution in [0.4, 0.5) is 4.79 Å². The Hall–Kier alpha value is -2.87. The Bertz CT molecular complexity index is 1190. The number of carbonyl (C=O) groups excluding carboxylic acids is 4. The van der Waals surface area contributed by atoms with Crippen molar-refractivity contribution in [3.05, 3.63) is 0 Å². The number of nitrogens with one attached hydrogen (secondary N) is 3. The standard InChI is InChI=1S/C30H44N6O5/c1-27(2,3)22(33-26(40)35-10-8-30(16-35)9-11-41-30)25(39)36-15-19-20(28(19,4)5)21(36)24(38)32-18(14-31)12-17-13-29(6-7-29)34-23(17)37/h17-22H,6-13,15-16H2,1-5H3,(H,32,38)(H,33,40)(H,34,37). The number of urea groups is 1. The van der Waals surface area contributed by atoms with E-state index in [0.29, 0.717) is 26.1 Å². The molecule has 2 aliphatic carbocycles. The molecule has 6 fully saturated rings. The molecule has 7 unspecified atom stereocenters. The summed E-state index contributed by atoms with van der Waals surface area (Å²) in [7, 11) is 0. The normalized spacial score (nSPS) is 35.3. The molecule has 41 heavy (non-hydrogen) atoms. The van der Waals surface area contributed by atoms with Crippen LogP contribution in [-0.2, 0) is 19.1 Å². The minimum absolute atomic E-state index is 0.0270. The number of rotatable bonds is 6. The highest BCUT2D eigenvalue weighted by molar-refractivity contribution is 5.94. The summed E-state index contributed by atoms with van der Waals surface area (Å²) in [5.41, 5.74) is -1.03. The van der Waals surface area contributed by atoms with E-state index >= 15 is 0 Å². The summed E-state index contributed by atoms with van der Waals surface area (Å²) in [6.07, 6.45) is 4.63. The predicted molar refractivity (Wildman–Crippen MR) is 148 cm³/mol. The zero-order valence-corrected chi connectivity index (χ0v) is 24.9. The highest BCUT2D eigenvalue weighted by Crippen LogP contribution is 2.65. The smallest absolute Gasteiger partial charge is 0.318 e. The summed E-state index contributed by atoms with van der Waals surface area (Å²) in [5.74, 6) is -0.837. The quantitative estimate of drug-likeness (QED) is 0.443. The van der Waals surface area contributed by atoms with Crippen LogP contribution in [0.5, 0.6) is 0 Å². The topological polar surface area (TPSA) is 144 Å². The number of piperidine rings is 1. The van der Waals surface area contributed by atoms with Gasteiger partial charge in [-0.3, -0.25) is 14.4 Å². The van der Waals surface area contributed by atoms with Crippen molar-refractivity contribution in [2.24, 2.45) is 28.6 Å². The van der Waals surface area contributed by atoms with Crippen LogP contribution >= 0.6 is 0 Å². The number of hydrogen-bond acceptors (Lipinski definition) is 6. The van der Waals surface area contributed by atoms with Crippen molar-refractivity contribution in [2.75, 3.05) is 26.2 Å². The first-order valence-corrected chi connectivity index (χ1v) is 15.2. The van der Waals surface area contributed by atoms with E-state index in [1.165, 1.54) is 0 Å². The molecule has 2 spiro atoms. The first-order valence-electron chi connectivity index (χ1n) is 15.2. The molecule has 11 heteroatoms. The van der Waals surface area contributed by atoms with Gasteiger partial charge in [0, 0.05) is 31.0 Å². The fourth-order valence-corrected chi connectivity index (χ4v) is 7.91. The number of nitriles is 1. The van der Waals surface area contributed by atoms with Crippen molar-refractivity contribution in [3.63, 3.8) is 0 Å². The van der Waals surface area contributed by atoms with Crippen LogP contribution in [-0.4, -0.2) is 89.1 Å². The maximum atomic E-state index is 14.2. The molecule has 4 saturated heterocycles. The molecule has 0 radical (unpaired) electrons. The fraction of sp³-hybridized carbons (Fsp3) is 0.833. The minimum Gasteiger partial charge on any atom is -0.373 e. The van der Waals surface area contributed by atoms with Gasteiger partial charge in [-0.05, 0) is 54.8 Å². The highest BCUT2D eigenvalue weighted by atomic mass is 16.5. The molecule has 6 aliphatic rings. The lowest BCUT2D eigenvalue weighted by atomic mass is 9.85. The summed E-state index contributed by atoms with van der Waals surface area (Å²) >= 11 is 0. The summed E-state index contributed by atoms with van der Waals surface area (Å²) in [6, 6.07) is -0.487. The molecule has 0 aromatic carbocycles. The van der Waals surface area contributed by atoms with Gasteiger partial charge in [0.15, 0.2) is 0 Å². The third kappa shape index (κ3) is 4.86. The molecular formula is C30H44N6O5. The van der Waals surface area contributed by atoms with Gasteiger partial charge in [-0.2, -0.15) is 5.26 Å². The summed E-state index contributed by atoms with van der Waals surface area (Å²) in [5, 5.41) is 18.8. The molecule has 224 valence electrons. The second kappa shape index (κ2) is 9.32. The Balaban J connectivity index is 1.15. The van der Waals surface area contributed by atoms with Gasteiger partial charge in [-0.25, -0.2) is 4.79 Å². The van der Waals surface area contributed by atoms with E-state index in [2.05, 4.69) is 35.9 Å². The molecule has 5 amide bonds. The molecule has 0 aromatic heterocycles. The van der Waals surface area contributed by atoms with E-state index in [9.17, 15) is 24.4 Å². The molecule has 4 aliphatic heterocycles. The SMILES string of the molecule is CC(C)(C)C(NC(=O)N1CCC2(CCO2)C1)C(=O)N1CC2C(C1C(=O)NC(C#N)CC1CC3(CC3)NC1=O)C2(C)C. The van der Waals surface area contributed by atoms with Crippen LogP contribution < -0.4 is 16.0 Å². The van der Waals surface area contributed by atoms with E-state index < -0.39 is 23.5 Å². The molecule has 0 aromatic rings. The first-order chi connectivity index (χ1) is 19.2. The van der Waals surface area contributed by atoms with Gasteiger partial charge < -0.3 is 30.5 Å². The van der Waals surface area contributed by atoms with Crippen LogP contribution in [0, 0.1) is 39.9 Å². The molecule has 4 heterocycles. The Morgan fingerprint density at radius 3 is 2.41 bits per heavy atom. The van der Waals surface area contributed by atoms with Gasteiger partial charge in [0.2, 0.25) is 17.7 Å². The Morgan fingerprint density at radius 2 is 1.88 bits per heavy atom. The van der Waals surface area contributed by atoms with Crippen LogP contribution in [0.15, 0.2) is 0 Å². The molecule has 7 atom stereocenters. The van der Waals surface area contributed by atoms with Crippen LogP contribution in [0.3, 0.4) is 0 Å². The largest absolute Gasteiger partial charge is 0.373 e. The van der Waals surface area contributed by atoms with E-state index in [4.69, 9.17) is 4.74 Å². The van der Waals surface area contributed by atoms with Crippen molar-refractivity contribution in [1.29, 1.82) is 5.26 Å². The monoisotopic (exact) mass is 568 g/mol. The van der Waals surface area contributed by atoms with Gasteiger partial charge in [-0.1, -0.05) is 34.6 Å². The second-order valence-corrected chi connectivity index (χ2v) is 15.2. The van der Waals surface area contributed by atoms with Crippen molar-refractivity contribution in [1.82, 2.24) is 25.8 Å². The van der Waals surface area contributed by atoms with Crippen molar-refractivity contribution < 1.29 is 23.9 Å². The number of carbonyl (C=O) groups is 4. The van der Waals surface area contributed by atoms with Crippen LogP contribution in [0.25, 0.3) is 0 Å². The zero-order valence-electron chi connectivity index (χ0n) is 24.9. The van der Waals surface area contributed by atoms with Gasteiger partial charge in [0.05, 0.1) is 24.8 Å². The predicted octanol–water partition coefficient (Wildman–Crippen LogP) is 1.53. The fourth-order valence-electron chi connectivity index (χ4n) is 7.91. The second-order valence-electron chi connectivity index (χ2n) is 15.2. The lowest BCUT2D eigenvalue weighted by molar-refractivity contribution is -0.144. The molecule has 3 N–H and O–H groups in total. The number of likely N-dealkylation sites (tertiary alicyclic amines) is 2. The molecule has 0 bridgehead atoms. The molecule has 11 nitrogen and oxygen atoms in total. The Morgan fingerprint density at radius 1 is 1.17 bits per heavy atom. The average molecular weight is 569 g/mol. The number of nitrogens with zero attached hydrogens (tertiary/aromatic N) is 3. The van der Waals surface area contributed by atoms with Gasteiger partial charge in [0.25, 0.3) is 0 Å². The van der Waals surface area contributed by atoms with E-state index in [0.717, 1.165) is 32.3 Å². The highest BCUT2D eigenvalue weighted by Gasteiger charge is 2.70. The van der Waals surface area contributed by atoms with Gasteiger partial charge in [0.1, 0.15) is 18.1 Å². The van der Waals surface area contributed by atoms with Crippen LogP contribution in [0.2, 0.25) is 0 Å². The number of hydrogen-bond donors (Lipinski definition) is 3. The number of fused-ring (bicyclic) bond motifs is 1. The van der Waals surface area contributed by atoms with Crippen molar-refractivity contribution in [3.8, 4) is 6.07 Å². The van der Waals surface area contributed by atoms with Crippen LogP contribution in [0.1, 0.15) is 73.1 Å². The first kappa shape index (κ1) is 28.3. The third-order valence-electron chi connectivity index (χ3n) is 11.0. The molecule has 2 saturated carbocycles. The maximum Gasteiger partial charge on any atom is 0.318 e. The lowest BCUT2D eigenvalue weighted by Crippen LogP contribution is -2.61. The zero-order chi connectivity index (χ0) is 29.5. The Labute approximate surface area is 242 Å². The molecular weight excluding hydrogens is 524 g/mol. The minimum atomic E-state index is -0.826. The molecule has 6 rings (SSSR count). The van der Waals surface area contributed by atoms with Gasteiger partial charge >= 0.3 is 6.03 Å².